The van der Waals surface area contributed by atoms with E-state index in [1.54, 1.807) is 42.7 Å². The fourth-order valence-electron chi connectivity index (χ4n) is 3.58. The second kappa shape index (κ2) is 8.69. The number of β-amino-alcohol motifs (C(OH)–C–C–N with tert-alkyl or cyclic N) is 1. The van der Waals surface area contributed by atoms with Crippen molar-refractivity contribution < 1.29 is 14.7 Å². The number of amides is 2. The van der Waals surface area contributed by atoms with Gasteiger partial charge in [0.15, 0.2) is 0 Å². The van der Waals surface area contributed by atoms with Gasteiger partial charge in [0.2, 0.25) is 5.91 Å². The second-order valence-electron chi connectivity index (χ2n) is 7.23. The first kappa shape index (κ1) is 20.1. The summed E-state index contributed by atoms with van der Waals surface area (Å²) in [4.78, 5) is 34.6. The van der Waals surface area contributed by atoms with Gasteiger partial charge in [-0.15, -0.1) is 0 Å². The zero-order valence-corrected chi connectivity index (χ0v) is 16.8. The molecule has 2 aromatic carbocycles. The summed E-state index contributed by atoms with van der Waals surface area (Å²) in [6.07, 6.45) is 2.81. The molecule has 2 amide bonds. The van der Waals surface area contributed by atoms with Crippen LogP contribution in [0, 0.1) is 0 Å². The molecule has 30 heavy (non-hydrogen) atoms. The summed E-state index contributed by atoms with van der Waals surface area (Å²) in [5, 5.41) is 13.6. The van der Waals surface area contributed by atoms with E-state index in [1.807, 2.05) is 18.2 Å². The zero-order chi connectivity index (χ0) is 21.1. The van der Waals surface area contributed by atoms with E-state index in [0.29, 0.717) is 23.0 Å². The molecule has 0 saturated carbocycles. The average Bonchev–Trinajstić information content (AvgIpc) is 3.43. The van der Waals surface area contributed by atoms with Crippen LogP contribution in [-0.2, 0) is 11.3 Å². The second-order valence-corrected chi connectivity index (χ2v) is 7.66. The summed E-state index contributed by atoms with van der Waals surface area (Å²) >= 11 is 5.88. The maximum absolute atomic E-state index is 13.1. The number of hydrogen-bond donors (Lipinski definition) is 3. The topological polar surface area (TPSA) is 98.3 Å². The molecule has 7 nitrogen and oxygen atoms in total. The van der Waals surface area contributed by atoms with Gasteiger partial charge in [0.25, 0.3) is 5.91 Å². The summed E-state index contributed by atoms with van der Waals surface area (Å²) in [6, 6.07) is 13.5. The van der Waals surface area contributed by atoms with Crippen molar-refractivity contribution in [3.8, 4) is 11.4 Å². The van der Waals surface area contributed by atoms with Crippen LogP contribution in [0.15, 0.2) is 60.9 Å². The highest BCUT2D eigenvalue weighted by Gasteiger charge is 2.39. The van der Waals surface area contributed by atoms with Gasteiger partial charge >= 0.3 is 0 Å². The molecule has 2 atom stereocenters. The number of aliphatic hydroxyl groups excluding tert-OH is 1. The number of rotatable bonds is 5. The number of likely N-dealkylation sites (tertiary alicyclic amines) is 1. The summed E-state index contributed by atoms with van der Waals surface area (Å²) in [5.74, 6) is 0.0620. The van der Waals surface area contributed by atoms with Crippen molar-refractivity contribution >= 4 is 23.4 Å². The van der Waals surface area contributed by atoms with E-state index >= 15 is 0 Å². The first-order valence-corrected chi connectivity index (χ1v) is 10.00. The first-order chi connectivity index (χ1) is 14.5. The van der Waals surface area contributed by atoms with Gasteiger partial charge < -0.3 is 20.3 Å². The lowest BCUT2D eigenvalue weighted by Gasteiger charge is -2.24. The Balaban J connectivity index is 1.48. The monoisotopic (exact) mass is 424 g/mol. The van der Waals surface area contributed by atoms with E-state index in [9.17, 15) is 14.7 Å². The summed E-state index contributed by atoms with van der Waals surface area (Å²) < 4.78 is 0. The van der Waals surface area contributed by atoms with E-state index < -0.39 is 12.1 Å². The summed E-state index contributed by atoms with van der Waals surface area (Å²) in [7, 11) is 0. The van der Waals surface area contributed by atoms with Gasteiger partial charge in [0.05, 0.1) is 6.10 Å². The summed E-state index contributed by atoms with van der Waals surface area (Å²) in [5.41, 5.74) is 2.11. The molecule has 0 aliphatic carbocycles. The van der Waals surface area contributed by atoms with Crippen molar-refractivity contribution in [3.63, 3.8) is 0 Å². The van der Waals surface area contributed by atoms with Gasteiger partial charge in [-0.05, 0) is 29.8 Å². The van der Waals surface area contributed by atoms with E-state index in [2.05, 4.69) is 15.3 Å². The van der Waals surface area contributed by atoms with Gasteiger partial charge in [-0.3, -0.25) is 9.59 Å². The van der Waals surface area contributed by atoms with E-state index in [1.165, 1.54) is 4.90 Å². The quantitative estimate of drug-likeness (QED) is 0.586. The van der Waals surface area contributed by atoms with Crippen LogP contribution in [0.1, 0.15) is 22.3 Å². The number of nitrogens with one attached hydrogen (secondary N) is 2. The fraction of sp³-hybridized carbons (Fsp3) is 0.227. The first-order valence-electron chi connectivity index (χ1n) is 9.62. The molecular formula is C22H21ClN4O3. The molecule has 0 spiro atoms. The van der Waals surface area contributed by atoms with Gasteiger partial charge in [0.1, 0.15) is 11.9 Å². The highest BCUT2D eigenvalue weighted by Crippen LogP contribution is 2.23. The van der Waals surface area contributed by atoms with E-state index in [0.717, 1.165) is 11.1 Å². The molecule has 1 aliphatic heterocycles. The van der Waals surface area contributed by atoms with Crippen molar-refractivity contribution in [2.75, 3.05) is 6.54 Å². The van der Waals surface area contributed by atoms with Crippen LogP contribution in [0.4, 0.5) is 0 Å². The normalized spacial score (nSPS) is 18.4. The number of H-pyrrole nitrogens is 1. The third-order valence-electron chi connectivity index (χ3n) is 5.10. The molecule has 2 heterocycles. The van der Waals surface area contributed by atoms with Gasteiger partial charge in [0, 0.05) is 48.1 Å². The molecular weight excluding hydrogens is 404 g/mol. The largest absolute Gasteiger partial charge is 0.391 e. The van der Waals surface area contributed by atoms with E-state index in [4.69, 9.17) is 11.6 Å². The van der Waals surface area contributed by atoms with Crippen molar-refractivity contribution in [2.24, 2.45) is 0 Å². The Morgan fingerprint density at radius 1 is 1.23 bits per heavy atom. The highest BCUT2D eigenvalue weighted by molar-refractivity contribution is 6.30. The van der Waals surface area contributed by atoms with Gasteiger partial charge in [-0.25, -0.2) is 4.98 Å². The SMILES string of the molecule is O=C(NCc1ccc(Cl)cc1)[C@@H]1C[C@@H](O)CN1C(=O)c1cccc(-c2ncc[nH]2)c1. The number of carbonyl (C=O) groups is 2. The van der Waals surface area contributed by atoms with Crippen molar-refractivity contribution in [1.29, 1.82) is 0 Å². The highest BCUT2D eigenvalue weighted by atomic mass is 35.5. The predicted molar refractivity (Wildman–Crippen MR) is 113 cm³/mol. The van der Waals surface area contributed by atoms with Crippen LogP contribution in [0.5, 0.6) is 0 Å². The number of carbonyl (C=O) groups excluding carboxylic acids is 2. The van der Waals surface area contributed by atoms with Crippen LogP contribution in [-0.4, -0.2) is 50.5 Å². The van der Waals surface area contributed by atoms with Gasteiger partial charge in [-0.2, -0.15) is 0 Å². The third-order valence-corrected chi connectivity index (χ3v) is 5.36. The molecule has 3 N–H and O–H groups in total. The van der Waals surface area contributed by atoms with Crippen LogP contribution in [0.25, 0.3) is 11.4 Å². The van der Waals surface area contributed by atoms with Crippen LogP contribution < -0.4 is 5.32 Å². The predicted octanol–water partition coefficient (Wildman–Crippen LogP) is 2.62. The van der Waals surface area contributed by atoms with Gasteiger partial charge in [-0.1, -0.05) is 35.9 Å². The van der Waals surface area contributed by atoms with Crippen molar-refractivity contribution in [3.05, 3.63) is 77.1 Å². The Morgan fingerprint density at radius 2 is 2.03 bits per heavy atom. The van der Waals surface area contributed by atoms with Crippen molar-refractivity contribution in [2.45, 2.75) is 25.1 Å². The van der Waals surface area contributed by atoms with Crippen LogP contribution in [0.3, 0.4) is 0 Å². The third kappa shape index (κ3) is 4.37. The molecule has 4 rings (SSSR count). The summed E-state index contributed by atoms with van der Waals surface area (Å²) in [6.45, 7) is 0.432. The van der Waals surface area contributed by atoms with Crippen LogP contribution in [0.2, 0.25) is 5.02 Å². The maximum atomic E-state index is 13.1. The lowest BCUT2D eigenvalue weighted by atomic mass is 10.1. The number of aliphatic hydroxyl groups is 1. The molecule has 1 aliphatic rings. The molecule has 0 radical (unpaired) electrons. The number of imidazole rings is 1. The van der Waals surface area contributed by atoms with Crippen LogP contribution >= 0.6 is 11.6 Å². The molecule has 1 saturated heterocycles. The molecule has 3 aromatic rings. The number of hydrogen-bond acceptors (Lipinski definition) is 4. The average molecular weight is 425 g/mol. The lowest BCUT2D eigenvalue weighted by molar-refractivity contribution is -0.125. The molecule has 0 bridgehead atoms. The standard InChI is InChI=1S/C22H21ClN4O3/c23-17-6-4-14(5-7-17)12-26-21(29)19-11-18(28)13-27(19)22(30)16-3-1-2-15(10-16)20-24-8-9-25-20/h1-10,18-19,28H,11-13H2,(H,24,25)(H,26,29)/t18-,19+/m1/s1. The number of aromatic nitrogens is 2. The zero-order valence-electron chi connectivity index (χ0n) is 16.1. The van der Waals surface area contributed by atoms with E-state index in [-0.39, 0.29) is 24.8 Å². The molecule has 1 aromatic heterocycles. The molecule has 0 unspecified atom stereocenters. The van der Waals surface area contributed by atoms with Crippen molar-refractivity contribution in [1.82, 2.24) is 20.2 Å². The minimum atomic E-state index is -0.742. The smallest absolute Gasteiger partial charge is 0.254 e. The minimum Gasteiger partial charge on any atom is -0.391 e. The number of halogens is 1. The minimum absolute atomic E-state index is 0.114. The number of benzene rings is 2. The molecule has 154 valence electrons. The number of aromatic amines is 1. The Labute approximate surface area is 178 Å². The lowest BCUT2D eigenvalue weighted by Crippen LogP contribution is -2.45. The molecule has 1 fully saturated rings. The fourth-order valence-corrected chi connectivity index (χ4v) is 3.71. The Kier molecular flexibility index (Phi) is 5.83. The Hall–Kier alpha value is -3.16. The maximum Gasteiger partial charge on any atom is 0.254 e. The number of nitrogens with zero attached hydrogens (tertiary/aromatic N) is 2. The Morgan fingerprint density at radius 3 is 2.77 bits per heavy atom. The Bertz CT molecular complexity index is 1040. The molecule has 8 heteroatoms.